The maximum Gasteiger partial charge on any atom is 0.271 e. The number of rotatable bonds is 6. The van der Waals surface area contributed by atoms with Crippen LogP contribution in [-0.4, -0.2) is 36.5 Å². The highest BCUT2D eigenvalue weighted by molar-refractivity contribution is 7.13. The summed E-state index contributed by atoms with van der Waals surface area (Å²) in [6, 6.07) is 7.49. The number of hydrogen-bond acceptors (Lipinski definition) is 5. The third-order valence-corrected chi connectivity index (χ3v) is 3.82. The lowest BCUT2D eigenvalue weighted by molar-refractivity contribution is -0.120. The van der Waals surface area contributed by atoms with Crippen LogP contribution in [0.25, 0.3) is 10.6 Å². The van der Waals surface area contributed by atoms with Crippen molar-refractivity contribution >= 4 is 23.2 Å². The average molecular weight is 333 g/mol. The molecule has 7 heteroatoms. The molecule has 2 rings (SSSR count). The van der Waals surface area contributed by atoms with Gasteiger partial charge in [-0.3, -0.25) is 9.59 Å². The van der Waals surface area contributed by atoms with Gasteiger partial charge >= 0.3 is 0 Å². The van der Waals surface area contributed by atoms with Gasteiger partial charge in [0, 0.05) is 17.0 Å². The van der Waals surface area contributed by atoms with Crippen LogP contribution in [0.5, 0.6) is 5.75 Å². The summed E-state index contributed by atoms with van der Waals surface area (Å²) in [5, 5.41) is 7.68. The average Bonchev–Trinajstić information content (AvgIpc) is 3.02. The molecule has 23 heavy (non-hydrogen) atoms. The highest BCUT2D eigenvalue weighted by Crippen LogP contribution is 2.25. The number of carbonyl (C=O) groups is 2. The van der Waals surface area contributed by atoms with Gasteiger partial charge in [-0.15, -0.1) is 11.3 Å². The minimum absolute atomic E-state index is 0.0420. The molecule has 1 aromatic heterocycles. The van der Waals surface area contributed by atoms with Gasteiger partial charge in [0.15, 0.2) is 0 Å². The Hall–Kier alpha value is -2.41. The second-order valence-corrected chi connectivity index (χ2v) is 6.03. The van der Waals surface area contributed by atoms with E-state index in [1.54, 1.807) is 12.5 Å². The molecule has 0 aliphatic carbocycles. The molecule has 1 heterocycles. The maximum absolute atomic E-state index is 12.0. The quantitative estimate of drug-likeness (QED) is 0.848. The molecule has 0 bridgehead atoms. The highest BCUT2D eigenvalue weighted by atomic mass is 32.1. The van der Waals surface area contributed by atoms with Gasteiger partial charge < -0.3 is 15.4 Å². The monoisotopic (exact) mass is 333 g/mol. The van der Waals surface area contributed by atoms with Crippen LogP contribution in [0.4, 0.5) is 0 Å². The van der Waals surface area contributed by atoms with Gasteiger partial charge in [0.2, 0.25) is 5.91 Å². The SMILES string of the molecule is COc1ccc(-c2nc(C(=O)NCC(=O)NC(C)C)cs2)cc1. The molecule has 0 unspecified atom stereocenters. The summed E-state index contributed by atoms with van der Waals surface area (Å²) in [6.07, 6.45) is 0. The molecule has 2 N–H and O–H groups in total. The first kappa shape index (κ1) is 17.0. The van der Waals surface area contributed by atoms with Gasteiger partial charge in [0.05, 0.1) is 13.7 Å². The fourth-order valence-electron chi connectivity index (χ4n) is 1.87. The number of nitrogens with zero attached hydrogens (tertiary/aromatic N) is 1. The zero-order valence-electron chi connectivity index (χ0n) is 13.3. The largest absolute Gasteiger partial charge is 0.497 e. The van der Waals surface area contributed by atoms with E-state index in [2.05, 4.69) is 15.6 Å². The molecule has 2 amide bonds. The van der Waals surface area contributed by atoms with E-state index in [9.17, 15) is 9.59 Å². The maximum atomic E-state index is 12.0. The number of carbonyl (C=O) groups excluding carboxylic acids is 2. The van der Waals surface area contributed by atoms with E-state index >= 15 is 0 Å². The summed E-state index contributed by atoms with van der Waals surface area (Å²) in [7, 11) is 1.61. The smallest absolute Gasteiger partial charge is 0.271 e. The zero-order chi connectivity index (χ0) is 16.8. The van der Waals surface area contributed by atoms with E-state index in [0.29, 0.717) is 5.69 Å². The summed E-state index contributed by atoms with van der Waals surface area (Å²) in [5.74, 6) is 0.179. The minimum atomic E-state index is -0.361. The molecule has 0 saturated carbocycles. The molecule has 0 atom stereocenters. The zero-order valence-corrected chi connectivity index (χ0v) is 14.1. The molecular weight excluding hydrogens is 314 g/mol. The number of methoxy groups -OCH3 is 1. The second-order valence-electron chi connectivity index (χ2n) is 5.17. The molecule has 122 valence electrons. The summed E-state index contributed by atoms with van der Waals surface area (Å²) < 4.78 is 5.11. The van der Waals surface area contributed by atoms with Crippen LogP contribution < -0.4 is 15.4 Å². The van der Waals surface area contributed by atoms with Crippen molar-refractivity contribution in [3.8, 4) is 16.3 Å². The Kier molecular flexibility index (Phi) is 5.70. The number of amides is 2. The van der Waals surface area contributed by atoms with Gasteiger partial charge in [-0.25, -0.2) is 4.98 Å². The fourth-order valence-corrected chi connectivity index (χ4v) is 2.67. The fraction of sp³-hybridized carbons (Fsp3) is 0.312. The van der Waals surface area contributed by atoms with Crippen LogP contribution in [0.1, 0.15) is 24.3 Å². The van der Waals surface area contributed by atoms with Crippen molar-refractivity contribution in [1.29, 1.82) is 0 Å². The number of thiazole rings is 1. The molecule has 0 aliphatic rings. The molecule has 2 aromatic rings. The van der Waals surface area contributed by atoms with E-state index in [0.717, 1.165) is 16.3 Å². The highest BCUT2D eigenvalue weighted by Gasteiger charge is 2.13. The lowest BCUT2D eigenvalue weighted by Gasteiger charge is -2.08. The Morgan fingerprint density at radius 2 is 1.96 bits per heavy atom. The van der Waals surface area contributed by atoms with Crippen LogP contribution >= 0.6 is 11.3 Å². The van der Waals surface area contributed by atoms with Gasteiger partial charge in [-0.1, -0.05) is 0 Å². The van der Waals surface area contributed by atoms with Crippen LogP contribution in [0.2, 0.25) is 0 Å². The third-order valence-electron chi connectivity index (χ3n) is 2.93. The first-order chi connectivity index (χ1) is 11.0. The van der Waals surface area contributed by atoms with E-state index in [4.69, 9.17) is 4.74 Å². The van der Waals surface area contributed by atoms with Crippen molar-refractivity contribution in [3.63, 3.8) is 0 Å². The Morgan fingerprint density at radius 3 is 2.57 bits per heavy atom. The molecular formula is C16H19N3O3S. The van der Waals surface area contributed by atoms with Crippen molar-refractivity contribution in [2.45, 2.75) is 19.9 Å². The van der Waals surface area contributed by atoms with Crippen molar-refractivity contribution in [2.24, 2.45) is 0 Å². The minimum Gasteiger partial charge on any atom is -0.497 e. The molecule has 0 aliphatic heterocycles. The van der Waals surface area contributed by atoms with Crippen LogP contribution in [0.3, 0.4) is 0 Å². The van der Waals surface area contributed by atoms with Crippen LogP contribution in [0, 0.1) is 0 Å². The van der Waals surface area contributed by atoms with Crippen LogP contribution in [-0.2, 0) is 4.79 Å². The number of benzene rings is 1. The number of hydrogen-bond donors (Lipinski definition) is 2. The Labute approximate surface area is 138 Å². The molecule has 0 saturated heterocycles. The standard InChI is InChI=1S/C16H19N3O3S/c1-10(2)18-14(20)8-17-15(21)13-9-23-16(19-13)11-4-6-12(22-3)7-5-11/h4-7,9-10H,8H2,1-3H3,(H,17,21)(H,18,20). The topological polar surface area (TPSA) is 80.3 Å². The Balaban J connectivity index is 1.97. The molecule has 0 radical (unpaired) electrons. The number of ether oxygens (including phenoxy) is 1. The first-order valence-electron chi connectivity index (χ1n) is 7.17. The summed E-state index contributed by atoms with van der Waals surface area (Å²) in [5.41, 5.74) is 1.21. The second kappa shape index (κ2) is 7.73. The van der Waals surface area contributed by atoms with Crippen LogP contribution in [0.15, 0.2) is 29.6 Å². The number of nitrogens with one attached hydrogen (secondary N) is 2. The van der Waals surface area contributed by atoms with Crippen molar-refractivity contribution in [2.75, 3.05) is 13.7 Å². The van der Waals surface area contributed by atoms with Gasteiger partial charge in [0.1, 0.15) is 16.5 Å². The summed E-state index contributed by atoms with van der Waals surface area (Å²) >= 11 is 1.38. The molecule has 0 spiro atoms. The normalized spacial score (nSPS) is 10.4. The van der Waals surface area contributed by atoms with E-state index in [1.165, 1.54) is 11.3 Å². The van der Waals surface area contributed by atoms with Crippen molar-refractivity contribution < 1.29 is 14.3 Å². The van der Waals surface area contributed by atoms with E-state index in [1.807, 2.05) is 38.1 Å². The Morgan fingerprint density at radius 1 is 1.26 bits per heavy atom. The van der Waals surface area contributed by atoms with Crippen molar-refractivity contribution in [1.82, 2.24) is 15.6 Å². The van der Waals surface area contributed by atoms with Crippen molar-refractivity contribution in [3.05, 3.63) is 35.3 Å². The third kappa shape index (κ3) is 4.79. The number of aromatic nitrogens is 1. The molecule has 1 aromatic carbocycles. The van der Waals surface area contributed by atoms with Gasteiger partial charge in [0.25, 0.3) is 5.91 Å². The Bertz CT molecular complexity index is 680. The van der Waals surface area contributed by atoms with E-state index in [-0.39, 0.29) is 24.4 Å². The molecule has 6 nitrogen and oxygen atoms in total. The summed E-state index contributed by atoms with van der Waals surface area (Å²) in [4.78, 5) is 27.8. The predicted molar refractivity (Wildman–Crippen MR) is 89.7 cm³/mol. The lowest BCUT2D eigenvalue weighted by atomic mass is 10.2. The van der Waals surface area contributed by atoms with Gasteiger partial charge in [-0.2, -0.15) is 0 Å². The predicted octanol–water partition coefficient (Wildman–Crippen LogP) is 2.07. The molecule has 0 fully saturated rings. The van der Waals surface area contributed by atoms with Gasteiger partial charge in [-0.05, 0) is 38.1 Å². The first-order valence-corrected chi connectivity index (χ1v) is 8.05. The summed E-state index contributed by atoms with van der Waals surface area (Å²) in [6.45, 7) is 3.66. The lowest BCUT2D eigenvalue weighted by Crippen LogP contribution is -2.39. The van der Waals surface area contributed by atoms with E-state index < -0.39 is 0 Å².